The number of nitrogens with two attached hydrogens (primary N) is 1. The Bertz CT molecular complexity index is 340. The molecular weight excluding hydrogens is 224 g/mol. The molecule has 16 heavy (non-hydrogen) atoms. The number of halogens is 1. The van der Waals surface area contributed by atoms with E-state index in [4.69, 9.17) is 22.2 Å². The fraction of sp³-hybridized carbons (Fsp3) is 0.500. The number of hydrogen-bond donors (Lipinski definition) is 2. The summed E-state index contributed by atoms with van der Waals surface area (Å²) in [4.78, 5) is 0. The van der Waals surface area contributed by atoms with Crippen LogP contribution in [0.3, 0.4) is 0 Å². The minimum atomic E-state index is 0.113. The van der Waals surface area contributed by atoms with Crippen LogP contribution in [0.25, 0.3) is 0 Å². The molecule has 0 saturated carbocycles. The first-order chi connectivity index (χ1) is 7.79. The third kappa shape index (κ3) is 2.95. The van der Waals surface area contributed by atoms with E-state index in [1.807, 2.05) is 24.3 Å². The van der Waals surface area contributed by atoms with Gasteiger partial charge in [0.15, 0.2) is 0 Å². The molecule has 0 aliphatic carbocycles. The van der Waals surface area contributed by atoms with Crippen molar-refractivity contribution in [3.8, 4) is 0 Å². The molecule has 3 nitrogen and oxygen atoms in total. The molecule has 2 rings (SSSR count). The lowest BCUT2D eigenvalue weighted by Crippen LogP contribution is -2.30. The molecule has 2 unspecified atom stereocenters. The summed E-state index contributed by atoms with van der Waals surface area (Å²) in [6.07, 6.45) is 3.49. The highest BCUT2D eigenvalue weighted by atomic mass is 35.5. The first-order valence-corrected chi connectivity index (χ1v) is 6.00. The highest BCUT2D eigenvalue weighted by Gasteiger charge is 2.21. The molecule has 1 saturated heterocycles. The average Bonchev–Trinajstić information content (AvgIpc) is 2.78. The fourth-order valence-electron chi connectivity index (χ4n) is 2.12. The van der Waals surface area contributed by atoms with Crippen molar-refractivity contribution in [2.75, 3.05) is 6.61 Å². The lowest BCUT2D eigenvalue weighted by Gasteiger charge is -2.20. The molecule has 0 aromatic heterocycles. The Balaban J connectivity index is 2.03. The van der Waals surface area contributed by atoms with Gasteiger partial charge in [0.25, 0.3) is 0 Å². The van der Waals surface area contributed by atoms with Gasteiger partial charge in [-0.05, 0) is 37.0 Å². The Morgan fingerprint density at radius 2 is 2.44 bits per heavy atom. The summed E-state index contributed by atoms with van der Waals surface area (Å²) >= 11 is 5.96. The molecule has 88 valence electrons. The molecule has 0 amide bonds. The van der Waals surface area contributed by atoms with Gasteiger partial charge >= 0.3 is 0 Å². The summed E-state index contributed by atoms with van der Waals surface area (Å²) in [5.74, 6) is 5.58. The predicted molar refractivity (Wildman–Crippen MR) is 65.1 cm³/mol. The van der Waals surface area contributed by atoms with Crippen LogP contribution in [0, 0.1) is 0 Å². The van der Waals surface area contributed by atoms with Gasteiger partial charge in [0.1, 0.15) is 0 Å². The molecule has 1 aromatic carbocycles. The van der Waals surface area contributed by atoms with E-state index in [1.165, 1.54) is 0 Å². The quantitative estimate of drug-likeness (QED) is 0.628. The molecule has 1 aromatic rings. The summed E-state index contributed by atoms with van der Waals surface area (Å²) < 4.78 is 5.61. The van der Waals surface area contributed by atoms with Gasteiger partial charge in [-0.2, -0.15) is 0 Å². The summed E-state index contributed by atoms with van der Waals surface area (Å²) in [6.45, 7) is 0.873. The Hall–Kier alpha value is -0.610. The van der Waals surface area contributed by atoms with Gasteiger partial charge in [-0.25, -0.2) is 0 Å². The number of rotatable bonds is 4. The maximum Gasteiger partial charge on any atom is 0.0594 e. The van der Waals surface area contributed by atoms with Crippen LogP contribution < -0.4 is 11.3 Å². The predicted octanol–water partition coefficient (Wildman–Crippen LogP) is 2.41. The Labute approximate surface area is 101 Å². The van der Waals surface area contributed by atoms with Gasteiger partial charge in [0, 0.05) is 17.7 Å². The SMILES string of the molecule is NNC(CC1CCCO1)c1cccc(Cl)c1. The van der Waals surface area contributed by atoms with Gasteiger partial charge < -0.3 is 4.74 Å². The van der Waals surface area contributed by atoms with E-state index in [1.54, 1.807) is 0 Å². The van der Waals surface area contributed by atoms with Crippen LogP contribution in [0.15, 0.2) is 24.3 Å². The average molecular weight is 241 g/mol. The summed E-state index contributed by atoms with van der Waals surface area (Å²) in [7, 11) is 0. The molecule has 0 bridgehead atoms. The van der Waals surface area contributed by atoms with Gasteiger partial charge in [0.05, 0.1) is 6.10 Å². The van der Waals surface area contributed by atoms with E-state index in [9.17, 15) is 0 Å². The van der Waals surface area contributed by atoms with Gasteiger partial charge in [0.2, 0.25) is 0 Å². The minimum Gasteiger partial charge on any atom is -0.378 e. The number of hydrogen-bond acceptors (Lipinski definition) is 3. The van der Waals surface area contributed by atoms with Gasteiger partial charge in [-0.3, -0.25) is 11.3 Å². The molecule has 0 radical (unpaired) electrons. The van der Waals surface area contributed by atoms with Gasteiger partial charge in [-0.1, -0.05) is 23.7 Å². The van der Waals surface area contributed by atoms with Crippen molar-refractivity contribution < 1.29 is 4.74 Å². The summed E-state index contributed by atoms with van der Waals surface area (Å²) in [5.41, 5.74) is 3.95. The summed E-state index contributed by atoms with van der Waals surface area (Å²) in [6, 6.07) is 7.90. The summed E-state index contributed by atoms with van der Waals surface area (Å²) in [5, 5.41) is 0.741. The van der Waals surface area contributed by atoms with Crippen molar-refractivity contribution in [3.63, 3.8) is 0 Å². The first kappa shape index (κ1) is 11.9. The molecule has 1 aliphatic rings. The van der Waals surface area contributed by atoms with Crippen molar-refractivity contribution in [1.82, 2.24) is 5.43 Å². The van der Waals surface area contributed by atoms with Crippen LogP contribution >= 0.6 is 11.6 Å². The van der Waals surface area contributed by atoms with E-state index < -0.39 is 0 Å². The fourth-order valence-corrected chi connectivity index (χ4v) is 2.32. The van der Waals surface area contributed by atoms with E-state index >= 15 is 0 Å². The molecular formula is C12H17ClN2O. The molecule has 1 heterocycles. The molecule has 1 fully saturated rings. The highest BCUT2D eigenvalue weighted by Crippen LogP contribution is 2.25. The second-order valence-electron chi connectivity index (χ2n) is 4.14. The van der Waals surface area contributed by atoms with Crippen LogP contribution in [-0.2, 0) is 4.74 Å². The smallest absolute Gasteiger partial charge is 0.0594 e. The monoisotopic (exact) mass is 240 g/mol. The maximum atomic E-state index is 5.96. The molecule has 1 aliphatic heterocycles. The second-order valence-corrected chi connectivity index (χ2v) is 4.58. The normalized spacial score (nSPS) is 22.2. The van der Waals surface area contributed by atoms with E-state index in [-0.39, 0.29) is 6.04 Å². The van der Waals surface area contributed by atoms with Gasteiger partial charge in [-0.15, -0.1) is 0 Å². The lowest BCUT2D eigenvalue weighted by molar-refractivity contribution is 0.0946. The molecule has 2 atom stereocenters. The largest absolute Gasteiger partial charge is 0.378 e. The number of hydrazine groups is 1. The second kappa shape index (κ2) is 5.64. The van der Waals surface area contributed by atoms with E-state index in [2.05, 4.69) is 5.43 Å². The van der Waals surface area contributed by atoms with E-state index in [0.29, 0.717) is 6.10 Å². The minimum absolute atomic E-state index is 0.113. The molecule has 0 spiro atoms. The number of nitrogens with one attached hydrogen (secondary N) is 1. The topological polar surface area (TPSA) is 47.3 Å². The number of ether oxygens (including phenoxy) is 1. The standard InChI is InChI=1S/C12H17ClN2O/c13-10-4-1-3-9(7-10)12(15-14)8-11-5-2-6-16-11/h1,3-4,7,11-12,15H,2,5-6,8,14H2. The van der Waals surface area contributed by atoms with Crippen LogP contribution in [0.1, 0.15) is 30.9 Å². The van der Waals surface area contributed by atoms with Crippen LogP contribution in [0.2, 0.25) is 5.02 Å². The zero-order chi connectivity index (χ0) is 11.4. The third-order valence-electron chi connectivity index (χ3n) is 2.97. The Kier molecular flexibility index (Phi) is 4.18. The molecule has 4 heteroatoms. The number of benzene rings is 1. The zero-order valence-electron chi connectivity index (χ0n) is 9.16. The van der Waals surface area contributed by atoms with Crippen molar-refractivity contribution in [1.29, 1.82) is 0 Å². The third-order valence-corrected chi connectivity index (χ3v) is 3.21. The van der Waals surface area contributed by atoms with Crippen LogP contribution in [0.4, 0.5) is 0 Å². The highest BCUT2D eigenvalue weighted by molar-refractivity contribution is 6.30. The van der Waals surface area contributed by atoms with Crippen LogP contribution in [-0.4, -0.2) is 12.7 Å². The van der Waals surface area contributed by atoms with E-state index in [0.717, 1.165) is 36.5 Å². The maximum absolute atomic E-state index is 5.96. The Morgan fingerprint density at radius 1 is 1.56 bits per heavy atom. The molecule has 3 N–H and O–H groups in total. The first-order valence-electron chi connectivity index (χ1n) is 5.63. The zero-order valence-corrected chi connectivity index (χ0v) is 9.91. The van der Waals surface area contributed by atoms with Crippen molar-refractivity contribution >= 4 is 11.6 Å². The lowest BCUT2D eigenvalue weighted by atomic mass is 10.00. The van der Waals surface area contributed by atoms with Crippen molar-refractivity contribution in [3.05, 3.63) is 34.9 Å². The van der Waals surface area contributed by atoms with Crippen molar-refractivity contribution in [2.24, 2.45) is 5.84 Å². The Morgan fingerprint density at radius 3 is 3.06 bits per heavy atom. The van der Waals surface area contributed by atoms with Crippen LogP contribution in [0.5, 0.6) is 0 Å². The van der Waals surface area contributed by atoms with Crippen molar-refractivity contribution in [2.45, 2.75) is 31.4 Å².